The van der Waals surface area contributed by atoms with Crippen LogP contribution in [0.3, 0.4) is 0 Å². The lowest BCUT2D eigenvalue weighted by Crippen LogP contribution is -2.33. The van der Waals surface area contributed by atoms with Crippen LogP contribution in [0.5, 0.6) is 11.5 Å². The van der Waals surface area contributed by atoms with Gasteiger partial charge in [0.2, 0.25) is 0 Å². The molecule has 166 valence electrons. The van der Waals surface area contributed by atoms with Gasteiger partial charge in [0.1, 0.15) is 18.1 Å². The van der Waals surface area contributed by atoms with Gasteiger partial charge in [-0.2, -0.15) is 0 Å². The van der Waals surface area contributed by atoms with Crippen LogP contribution in [0.2, 0.25) is 0 Å². The topological polar surface area (TPSA) is 55.8 Å². The second-order valence-electron chi connectivity index (χ2n) is 9.83. The quantitative estimate of drug-likeness (QED) is 0.340. The maximum Gasteiger partial charge on any atom is 0.511 e. The Labute approximate surface area is 189 Å². The molecule has 0 aromatic heterocycles. The maximum absolute atomic E-state index is 10.9. The Bertz CT molecular complexity index is 1140. The molecule has 0 fully saturated rings. The lowest BCUT2D eigenvalue weighted by atomic mass is 9.63. The summed E-state index contributed by atoms with van der Waals surface area (Å²) in [4.78, 5) is 10.9. The zero-order chi connectivity index (χ0) is 22.9. The van der Waals surface area contributed by atoms with E-state index >= 15 is 0 Å². The minimum Gasteiger partial charge on any atom is -0.488 e. The summed E-state index contributed by atoms with van der Waals surface area (Å²) in [7, 11) is 0. The van der Waals surface area contributed by atoms with Gasteiger partial charge in [-0.1, -0.05) is 76.2 Å². The van der Waals surface area contributed by atoms with E-state index < -0.39 is 6.16 Å². The molecule has 0 heterocycles. The molecule has 3 aromatic carbocycles. The average molecular weight is 431 g/mol. The van der Waals surface area contributed by atoms with E-state index in [4.69, 9.17) is 14.6 Å². The van der Waals surface area contributed by atoms with Crippen LogP contribution in [0.4, 0.5) is 4.79 Å². The second kappa shape index (κ2) is 8.34. The van der Waals surface area contributed by atoms with Crippen LogP contribution in [-0.4, -0.2) is 11.3 Å². The number of carboxylic acid groups (broad SMARTS) is 1. The first kappa shape index (κ1) is 21.9. The Balaban J connectivity index is 1.59. The van der Waals surface area contributed by atoms with Crippen molar-refractivity contribution in [2.75, 3.05) is 0 Å². The normalized spacial score (nSPS) is 16.1. The summed E-state index contributed by atoms with van der Waals surface area (Å²) < 4.78 is 11.1. The molecule has 0 saturated carbocycles. The van der Waals surface area contributed by atoms with E-state index in [9.17, 15) is 4.79 Å². The number of benzene rings is 3. The van der Waals surface area contributed by atoms with Crippen molar-refractivity contribution in [2.24, 2.45) is 0 Å². The highest BCUT2D eigenvalue weighted by atomic mass is 16.7. The van der Waals surface area contributed by atoms with Crippen molar-refractivity contribution in [1.82, 2.24) is 0 Å². The van der Waals surface area contributed by atoms with Gasteiger partial charge < -0.3 is 14.6 Å². The first-order chi connectivity index (χ1) is 15.2. The molecule has 32 heavy (non-hydrogen) atoms. The number of para-hydroxylation sites is 1. The van der Waals surface area contributed by atoms with E-state index in [1.54, 1.807) is 18.2 Å². The summed E-state index contributed by atoms with van der Waals surface area (Å²) in [6.07, 6.45) is 1.04. The highest BCUT2D eigenvalue weighted by molar-refractivity contribution is 5.72. The number of hydrogen-bond acceptors (Lipinski definition) is 3. The predicted molar refractivity (Wildman–Crippen MR) is 127 cm³/mol. The minimum atomic E-state index is -1.33. The zero-order valence-electron chi connectivity index (χ0n) is 19.1. The number of hydrogen-bond donors (Lipinski definition) is 1. The van der Waals surface area contributed by atoms with Gasteiger partial charge in [-0.25, -0.2) is 4.79 Å². The largest absolute Gasteiger partial charge is 0.511 e. The van der Waals surface area contributed by atoms with E-state index in [0.29, 0.717) is 6.61 Å². The summed E-state index contributed by atoms with van der Waals surface area (Å²) in [5, 5.41) is 8.90. The molecular weight excluding hydrogens is 400 g/mol. The summed E-state index contributed by atoms with van der Waals surface area (Å²) in [6, 6.07) is 21.6. The fourth-order valence-electron chi connectivity index (χ4n) is 4.55. The number of ether oxygens (including phenoxy) is 2. The summed E-state index contributed by atoms with van der Waals surface area (Å²) in [5.41, 5.74) is 6.08. The van der Waals surface area contributed by atoms with Gasteiger partial charge in [0.05, 0.1) is 0 Å². The van der Waals surface area contributed by atoms with Gasteiger partial charge in [0.25, 0.3) is 0 Å². The first-order valence-corrected chi connectivity index (χ1v) is 11.0. The standard InChI is InChI=1S/C28H30O4/c1-27(2)14-15-28(3,4)24-16-19(12-13-23(24)27)18-31-25-11-6-5-10-22(25)20-8-7-9-21(17-20)32-26(29)30/h5-13,16-17H,14-15,18H2,1-4H3,(H,29,30). The zero-order valence-corrected chi connectivity index (χ0v) is 19.1. The van der Waals surface area contributed by atoms with E-state index in [2.05, 4.69) is 45.9 Å². The van der Waals surface area contributed by atoms with Crippen molar-refractivity contribution in [1.29, 1.82) is 0 Å². The molecule has 1 aliphatic rings. The minimum absolute atomic E-state index is 0.156. The molecule has 4 rings (SSSR count). The molecule has 0 amide bonds. The Morgan fingerprint density at radius 1 is 0.875 bits per heavy atom. The molecule has 3 aromatic rings. The molecule has 0 unspecified atom stereocenters. The van der Waals surface area contributed by atoms with E-state index in [0.717, 1.165) is 22.4 Å². The lowest BCUT2D eigenvalue weighted by Gasteiger charge is -2.42. The highest BCUT2D eigenvalue weighted by Gasteiger charge is 2.36. The molecule has 0 saturated heterocycles. The molecule has 0 spiro atoms. The average Bonchev–Trinajstić information content (AvgIpc) is 2.75. The summed E-state index contributed by atoms with van der Waals surface area (Å²) in [6.45, 7) is 9.78. The second-order valence-corrected chi connectivity index (χ2v) is 9.83. The van der Waals surface area contributed by atoms with Gasteiger partial charge in [-0.3, -0.25) is 0 Å². The van der Waals surface area contributed by atoms with Crippen molar-refractivity contribution in [3.8, 4) is 22.6 Å². The van der Waals surface area contributed by atoms with Crippen LogP contribution >= 0.6 is 0 Å². The third-order valence-corrected chi connectivity index (χ3v) is 6.55. The van der Waals surface area contributed by atoms with Gasteiger partial charge in [0.15, 0.2) is 0 Å². The Morgan fingerprint density at radius 3 is 2.34 bits per heavy atom. The Hall–Kier alpha value is -3.27. The van der Waals surface area contributed by atoms with Crippen molar-refractivity contribution in [3.63, 3.8) is 0 Å². The van der Waals surface area contributed by atoms with Crippen molar-refractivity contribution in [2.45, 2.75) is 58.0 Å². The molecule has 4 nitrogen and oxygen atoms in total. The molecule has 1 N–H and O–H groups in total. The summed E-state index contributed by atoms with van der Waals surface area (Å²) in [5.74, 6) is 1.03. The molecular formula is C28H30O4. The fraction of sp³-hybridized carbons (Fsp3) is 0.321. The number of carbonyl (C=O) groups is 1. The van der Waals surface area contributed by atoms with Crippen LogP contribution < -0.4 is 9.47 Å². The van der Waals surface area contributed by atoms with E-state index in [-0.39, 0.29) is 16.6 Å². The third kappa shape index (κ3) is 4.50. The fourth-order valence-corrected chi connectivity index (χ4v) is 4.55. The first-order valence-electron chi connectivity index (χ1n) is 11.0. The van der Waals surface area contributed by atoms with E-state index in [1.807, 2.05) is 30.3 Å². The predicted octanol–water partition coefficient (Wildman–Crippen LogP) is 7.34. The lowest BCUT2D eigenvalue weighted by molar-refractivity contribution is 0.144. The Morgan fingerprint density at radius 2 is 1.59 bits per heavy atom. The molecule has 0 radical (unpaired) electrons. The van der Waals surface area contributed by atoms with Crippen molar-refractivity contribution < 1.29 is 19.4 Å². The smallest absolute Gasteiger partial charge is 0.488 e. The van der Waals surface area contributed by atoms with E-state index in [1.165, 1.54) is 24.0 Å². The Kier molecular flexibility index (Phi) is 5.72. The van der Waals surface area contributed by atoms with Crippen molar-refractivity contribution in [3.05, 3.63) is 83.4 Å². The summed E-state index contributed by atoms with van der Waals surface area (Å²) >= 11 is 0. The SMILES string of the molecule is CC1(C)CCC(C)(C)c2cc(COc3ccccc3-c3cccc(OC(=O)O)c3)ccc21. The number of rotatable bonds is 5. The van der Waals surface area contributed by atoms with Gasteiger partial charge in [-0.15, -0.1) is 0 Å². The van der Waals surface area contributed by atoms with Gasteiger partial charge in [0, 0.05) is 5.56 Å². The molecule has 4 heteroatoms. The third-order valence-electron chi connectivity index (χ3n) is 6.55. The van der Waals surface area contributed by atoms with Crippen LogP contribution in [0, 0.1) is 0 Å². The van der Waals surface area contributed by atoms with Crippen LogP contribution in [0.25, 0.3) is 11.1 Å². The van der Waals surface area contributed by atoms with Gasteiger partial charge in [-0.05, 0) is 64.1 Å². The molecule has 0 aliphatic heterocycles. The van der Waals surface area contributed by atoms with Crippen LogP contribution in [0.15, 0.2) is 66.7 Å². The molecule has 0 atom stereocenters. The number of fused-ring (bicyclic) bond motifs is 1. The maximum atomic E-state index is 10.9. The van der Waals surface area contributed by atoms with Crippen LogP contribution in [0.1, 0.15) is 57.2 Å². The monoisotopic (exact) mass is 430 g/mol. The van der Waals surface area contributed by atoms with Crippen molar-refractivity contribution >= 4 is 6.16 Å². The molecule has 1 aliphatic carbocycles. The molecule has 0 bridgehead atoms. The highest BCUT2D eigenvalue weighted by Crippen LogP contribution is 2.46. The van der Waals surface area contributed by atoms with Crippen LogP contribution in [-0.2, 0) is 17.4 Å². The van der Waals surface area contributed by atoms with Gasteiger partial charge >= 0.3 is 6.16 Å².